The highest BCUT2D eigenvalue weighted by Gasteiger charge is 2.30. The highest BCUT2D eigenvalue weighted by molar-refractivity contribution is 5.89. The molecule has 140 valence electrons. The van der Waals surface area contributed by atoms with E-state index >= 15 is 0 Å². The molecule has 0 heterocycles. The summed E-state index contributed by atoms with van der Waals surface area (Å²) in [5, 5.41) is 4.00. The fourth-order valence-corrected chi connectivity index (χ4v) is 1.43. The van der Waals surface area contributed by atoms with Gasteiger partial charge in [-0.1, -0.05) is 6.07 Å². The quantitative estimate of drug-likeness (QED) is 0.774. The summed E-state index contributed by atoms with van der Waals surface area (Å²) in [6.45, 7) is -2.09. The normalized spacial score (nSPS) is 11.6. The third-order valence-corrected chi connectivity index (χ3v) is 2.45. The molecular formula is C13H12F6N2O4. The highest BCUT2D eigenvalue weighted by atomic mass is 19.4. The summed E-state index contributed by atoms with van der Waals surface area (Å²) in [6, 6.07) is 3.76. The minimum atomic E-state index is -4.70. The average Bonchev–Trinajstić information content (AvgIpc) is 2.45. The molecule has 1 aromatic rings. The molecule has 0 spiro atoms. The fraction of sp³-hybridized carbons (Fsp3) is 0.385. The second kappa shape index (κ2) is 7.94. The van der Waals surface area contributed by atoms with Crippen LogP contribution >= 0.6 is 0 Å². The first-order valence-electron chi connectivity index (χ1n) is 6.47. The fourth-order valence-electron chi connectivity index (χ4n) is 1.43. The van der Waals surface area contributed by atoms with Crippen molar-refractivity contribution >= 4 is 23.6 Å². The molecule has 2 N–H and O–H groups in total. The third kappa shape index (κ3) is 8.67. The van der Waals surface area contributed by atoms with Gasteiger partial charge in [-0.3, -0.25) is 10.6 Å². The molecule has 25 heavy (non-hydrogen) atoms. The lowest BCUT2D eigenvalue weighted by molar-refractivity contribution is -0.159. The Balaban J connectivity index is 2.66. The third-order valence-electron chi connectivity index (χ3n) is 2.45. The first kappa shape index (κ1) is 20.4. The van der Waals surface area contributed by atoms with Crippen molar-refractivity contribution in [2.75, 3.05) is 23.8 Å². The molecule has 0 fully saturated rings. The smallest absolute Gasteiger partial charge is 0.422 e. The van der Waals surface area contributed by atoms with Crippen LogP contribution in [-0.2, 0) is 9.47 Å². The van der Waals surface area contributed by atoms with Crippen LogP contribution in [0.5, 0.6) is 0 Å². The molecule has 0 saturated carbocycles. The van der Waals surface area contributed by atoms with E-state index in [0.717, 1.165) is 6.07 Å². The lowest BCUT2D eigenvalue weighted by Gasteiger charge is -2.13. The Morgan fingerprint density at radius 2 is 1.40 bits per heavy atom. The zero-order chi connectivity index (χ0) is 19.3. The van der Waals surface area contributed by atoms with Crippen LogP contribution < -0.4 is 10.6 Å². The Bertz CT molecular complexity index is 630. The van der Waals surface area contributed by atoms with E-state index in [1.807, 2.05) is 10.6 Å². The Labute approximate surface area is 137 Å². The number of ether oxygens (including phenoxy) is 2. The Morgan fingerprint density at radius 1 is 0.920 bits per heavy atom. The number of anilines is 2. The van der Waals surface area contributed by atoms with Crippen molar-refractivity contribution in [3.8, 4) is 0 Å². The molecule has 0 saturated heterocycles. The molecule has 6 nitrogen and oxygen atoms in total. The predicted molar refractivity (Wildman–Crippen MR) is 73.2 cm³/mol. The van der Waals surface area contributed by atoms with Crippen molar-refractivity contribution in [1.29, 1.82) is 0 Å². The molecule has 0 aliphatic heterocycles. The molecule has 1 rings (SSSR count). The van der Waals surface area contributed by atoms with Gasteiger partial charge in [0.2, 0.25) is 0 Å². The van der Waals surface area contributed by atoms with Crippen LogP contribution in [-0.4, -0.2) is 37.8 Å². The van der Waals surface area contributed by atoms with Crippen LogP contribution in [0.25, 0.3) is 0 Å². The number of aryl methyl sites for hydroxylation is 1. The number of nitrogens with one attached hydrogen (secondary N) is 2. The number of benzene rings is 1. The number of hydrogen-bond acceptors (Lipinski definition) is 4. The lowest BCUT2D eigenvalue weighted by Crippen LogP contribution is -2.24. The van der Waals surface area contributed by atoms with Crippen molar-refractivity contribution < 1.29 is 45.4 Å². The molecule has 12 heteroatoms. The van der Waals surface area contributed by atoms with Gasteiger partial charge in [0, 0.05) is 11.4 Å². The van der Waals surface area contributed by atoms with E-state index in [0.29, 0.717) is 5.56 Å². The first-order chi connectivity index (χ1) is 11.4. The van der Waals surface area contributed by atoms with Gasteiger partial charge in [0.05, 0.1) is 0 Å². The van der Waals surface area contributed by atoms with Gasteiger partial charge in [-0.05, 0) is 24.6 Å². The van der Waals surface area contributed by atoms with E-state index in [4.69, 9.17) is 0 Å². The summed E-state index contributed by atoms with van der Waals surface area (Å²) in [6.07, 6.45) is -12.2. The molecule has 0 aromatic heterocycles. The standard InChI is InChI=1S/C13H12F6N2O4/c1-7-2-3-8(20-10(22)24-5-12(14,15)16)4-9(7)21-11(23)25-6-13(17,18)19/h2-4H,5-6H2,1H3,(H,20,22)(H,21,23). The second-order valence-electron chi connectivity index (χ2n) is 4.66. The largest absolute Gasteiger partial charge is 0.440 e. The van der Waals surface area contributed by atoms with Crippen LogP contribution in [0, 0.1) is 6.92 Å². The van der Waals surface area contributed by atoms with Gasteiger partial charge >= 0.3 is 24.5 Å². The van der Waals surface area contributed by atoms with Crippen LogP contribution in [0.4, 0.5) is 47.3 Å². The maximum Gasteiger partial charge on any atom is 0.422 e. The molecule has 0 unspecified atom stereocenters. The van der Waals surface area contributed by atoms with Crippen LogP contribution in [0.1, 0.15) is 5.56 Å². The van der Waals surface area contributed by atoms with Gasteiger partial charge in [0.1, 0.15) is 0 Å². The van der Waals surface area contributed by atoms with E-state index in [1.54, 1.807) is 0 Å². The Hall–Kier alpha value is -2.66. The summed E-state index contributed by atoms with van der Waals surface area (Å²) in [5.41, 5.74) is 0.336. The topological polar surface area (TPSA) is 76.7 Å². The second-order valence-corrected chi connectivity index (χ2v) is 4.66. The van der Waals surface area contributed by atoms with E-state index in [-0.39, 0.29) is 11.4 Å². The maximum absolute atomic E-state index is 12.0. The van der Waals surface area contributed by atoms with Gasteiger partial charge in [0.25, 0.3) is 0 Å². The molecule has 1 aromatic carbocycles. The number of halogens is 6. The van der Waals surface area contributed by atoms with Gasteiger partial charge in [-0.25, -0.2) is 9.59 Å². The zero-order valence-corrected chi connectivity index (χ0v) is 12.5. The first-order valence-corrected chi connectivity index (χ1v) is 6.47. The van der Waals surface area contributed by atoms with Gasteiger partial charge < -0.3 is 9.47 Å². The maximum atomic E-state index is 12.0. The molecule has 2 amide bonds. The van der Waals surface area contributed by atoms with Crippen molar-refractivity contribution in [1.82, 2.24) is 0 Å². The van der Waals surface area contributed by atoms with E-state index < -0.39 is 37.8 Å². The minimum absolute atomic E-state index is 0.0132. The van der Waals surface area contributed by atoms with Crippen LogP contribution in [0.3, 0.4) is 0 Å². The summed E-state index contributed by atoms with van der Waals surface area (Å²) in [5.74, 6) is 0. The van der Waals surface area contributed by atoms with Gasteiger partial charge in [-0.15, -0.1) is 0 Å². The zero-order valence-electron chi connectivity index (χ0n) is 12.5. The number of alkyl halides is 6. The van der Waals surface area contributed by atoms with Gasteiger partial charge in [0.15, 0.2) is 13.2 Å². The van der Waals surface area contributed by atoms with E-state index in [1.165, 1.54) is 19.1 Å². The van der Waals surface area contributed by atoms with Crippen molar-refractivity contribution in [2.45, 2.75) is 19.3 Å². The van der Waals surface area contributed by atoms with Crippen molar-refractivity contribution in [2.24, 2.45) is 0 Å². The molecule has 0 atom stereocenters. The molecule has 0 aliphatic rings. The van der Waals surface area contributed by atoms with Crippen LogP contribution in [0.15, 0.2) is 18.2 Å². The summed E-state index contributed by atoms with van der Waals surface area (Å²) < 4.78 is 79.5. The minimum Gasteiger partial charge on any atom is -0.440 e. The van der Waals surface area contributed by atoms with E-state index in [2.05, 4.69) is 9.47 Å². The number of amides is 2. The highest BCUT2D eigenvalue weighted by Crippen LogP contribution is 2.22. The molecular weight excluding hydrogens is 362 g/mol. The Morgan fingerprint density at radius 3 is 1.88 bits per heavy atom. The monoisotopic (exact) mass is 374 g/mol. The summed E-state index contributed by atoms with van der Waals surface area (Å²) >= 11 is 0. The molecule has 0 aliphatic carbocycles. The Kier molecular flexibility index (Phi) is 6.48. The summed E-state index contributed by atoms with van der Waals surface area (Å²) in [7, 11) is 0. The van der Waals surface area contributed by atoms with E-state index in [9.17, 15) is 35.9 Å². The summed E-state index contributed by atoms with van der Waals surface area (Å²) in [4.78, 5) is 22.5. The van der Waals surface area contributed by atoms with Crippen molar-refractivity contribution in [3.05, 3.63) is 23.8 Å². The average molecular weight is 374 g/mol. The number of carbonyl (C=O) groups is 2. The van der Waals surface area contributed by atoms with Crippen molar-refractivity contribution in [3.63, 3.8) is 0 Å². The number of rotatable bonds is 4. The predicted octanol–water partition coefficient (Wildman–Crippen LogP) is 4.22. The molecule has 0 bridgehead atoms. The molecule has 0 radical (unpaired) electrons. The lowest BCUT2D eigenvalue weighted by atomic mass is 10.2. The van der Waals surface area contributed by atoms with Crippen LogP contribution in [0.2, 0.25) is 0 Å². The number of hydrogen-bond donors (Lipinski definition) is 2. The SMILES string of the molecule is Cc1ccc(NC(=O)OCC(F)(F)F)cc1NC(=O)OCC(F)(F)F. The number of carbonyl (C=O) groups excluding carboxylic acids is 2. The van der Waals surface area contributed by atoms with Gasteiger partial charge in [-0.2, -0.15) is 26.3 Å².